The lowest BCUT2D eigenvalue weighted by atomic mass is 10.0. The van der Waals surface area contributed by atoms with Crippen molar-refractivity contribution in [1.82, 2.24) is 0 Å². The summed E-state index contributed by atoms with van der Waals surface area (Å²) in [6.07, 6.45) is 0.754. The van der Waals surface area contributed by atoms with Crippen molar-refractivity contribution in [2.45, 2.75) is 26.7 Å². The van der Waals surface area contributed by atoms with Gasteiger partial charge in [0.15, 0.2) is 0 Å². The van der Waals surface area contributed by atoms with Crippen LogP contribution in [-0.4, -0.2) is 18.7 Å². The average Bonchev–Trinajstić information content (AvgIpc) is 2.14. The molecule has 0 aliphatic rings. The summed E-state index contributed by atoms with van der Waals surface area (Å²) in [5.41, 5.74) is 1.78. The predicted octanol–water partition coefficient (Wildman–Crippen LogP) is 1.96. The minimum atomic E-state index is 0.0991. The molecule has 86 valence electrons. The molecule has 0 atom stereocenters. The van der Waals surface area contributed by atoms with Crippen molar-refractivity contribution in [2.75, 3.05) is 7.11 Å². The van der Waals surface area contributed by atoms with E-state index in [-0.39, 0.29) is 11.6 Å². The fraction of sp³-hybridized carbons (Fsp3) is 0.385. The molecule has 0 aliphatic carbocycles. The number of methoxy groups -OCH3 is 1. The first-order valence-corrected chi connectivity index (χ1v) is 5.17. The van der Waals surface area contributed by atoms with E-state index in [9.17, 15) is 9.59 Å². The summed E-state index contributed by atoms with van der Waals surface area (Å²) in [5, 5.41) is 0. The average molecular weight is 220 g/mol. The van der Waals surface area contributed by atoms with Gasteiger partial charge >= 0.3 is 0 Å². The van der Waals surface area contributed by atoms with Crippen LogP contribution in [0.5, 0.6) is 5.75 Å². The smallest absolute Gasteiger partial charge is 0.134 e. The highest BCUT2D eigenvalue weighted by molar-refractivity contribution is 5.80. The molecule has 0 saturated heterocycles. The van der Waals surface area contributed by atoms with Gasteiger partial charge in [-0.15, -0.1) is 0 Å². The third-order valence-corrected chi connectivity index (χ3v) is 2.17. The summed E-state index contributed by atoms with van der Waals surface area (Å²) < 4.78 is 5.14. The number of Topliss-reactive ketones (excluding diaryl/α,β-unsaturated/α-hetero) is 2. The summed E-state index contributed by atoms with van der Waals surface area (Å²) in [5.74, 6) is 0.888. The molecule has 0 N–H and O–H groups in total. The molecule has 0 radical (unpaired) electrons. The quantitative estimate of drug-likeness (QED) is 0.761. The van der Waals surface area contributed by atoms with Gasteiger partial charge in [-0.25, -0.2) is 0 Å². The molecule has 16 heavy (non-hydrogen) atoms. The zero-order chi connectivity index (χ0) is 12.1. The first-order chi connectivity index (χ1) is 7.51. The Bertz CT molecular complexity index is 373. The second-order valence-electron chi connectivity index (χ2n) is 3.95. The highest BCUT2D eigenvalue weighted by atomic mass is 16.5. The molecule has 3 heteroatoms. The number of rotatable bonds is 5. The number of ketones is 2. The maximum Gasteiger partial charge on any atom is 0.134 e. The molecule has 0 amide bonds. The molecule has 1 aromatic carbocycles. The fourth-order valence-electron chi connectivity index (χ4n) is 1.63. The van der Waals surface area contributed by atoms with Crippen LogP contribution in [0.1, 0.15) is 25.0 Å². The van der Waals surface area contributed by atoms with Gasteiger partial charge in [-0.2, -0.15) is 0 Å². The third kappa shape index (κ3) is 3.85. The van der Waals surface area contributed by atoms with Crippen molar-refractivity contribution < 1.29 is 14.3 Å². The largest absolute Gasteiger partial charge is 0.497 e. The standard InChI is InChI=1S/C13H16O3/c1-9(14)4-11-6-12(5-10(2)15)8-13(7-11)16-3/h6-8H,4-5H2,1-3H3. The van der Waals surface area contributed by atoms with E-state index in [1.165, 1.54) is 0 Å². The van der Waals surface area contributed by atoms with Crippen LogP contribution in [0.15, 0.2) is 18.2 Å². The molecule has 0 spiro atoms. The van der Waals surface area contributed by atoms with Crippen molar-refractivity contribution in [3.63, 3.8) is 0 Å². The van der Waals surface area contributed by atoms with Gasteiger partial charge in [0.2, 0.25) is 0 Å². The Morgan fingerprint density at radius 3 is 1.75 bits per heavy atom. The molecule has 3 nitrogen and oxygen atoms in total. The van der Waals surface area contributed by atoms with E-state index in [1.54, 1.807) is 21.0 Å². The fourth-order valence-corrected chi connectivity index (χ4v) is 1.63. The van der Waals surface area contributed by atoms with E-state index < -0.39 is 0 Å². The molecular weight excluding hydrogens is 204 g/mol. The lowest BCUT2D eigenvalue weighted by molar-refractivity contribution is -0.117. The van der Waals surface area contributed by atoms with Crippen LogP contribution in [0.4, 0.5) is 0 Å². The van der Waals surface area contributed by atoms with Crippen molar-refractivity contribution in [2.24, 2.45) is 0 Å². The molecule has 0 fully saturated rings. The van der Waals surface area contributed by atoms with Crippen LogP contribution in [0.2, 0.25) is 0 Å². The number of hydrogen-bond donors (Lipinski definition) is 0. The molecule has 0 aromatic heterocycles. The van der Waals surface area contributed by atoms with E-state index in [2.05, 4.69) is 0 Å². The number of benzene rings is 1. The zero-order valence-corrected chi connectivity index (χ0v) is 9.87. The number of carbonyl (C=O) groups excluding carboxylic acids is 2. The highest BCUT2D eigenvalue weighted by Gasteiger charge is 2.05. The molecule has 1 rings (SSSR count). The minimum absolute atomic E-state index is 0.0991. The Hall–Kier alpha value is -1.64. The maximum atomic E-state index is 11.0. The monoisotopic (exact) mass is 220 g/mol. The van der Waals surface area contributed by atoms with E-state index >= 15 is 0 Å². The molecule has 0 saturated carbocycles. The Morgan fingerprint density at radius 2 is 1.44 bits per heavy atom. The van der Waals surface area contributed by atoms with Gasteiger partial charge in [0.25, 0.3) is 0 Å². The molecule has 0 heterocycles. The molecular formula is C13H16O3. The summed E-state index contributed by atoms with van der Waals surface area (Å²) in [6, 6.07) is 5.53. The Morgan fingerprint density at radius 1 is 1.00 bits per heavy atom. The maximum absolute atomic E-state index is 11.0. The number of ether oxygens (including phenoxy) is 1. The minimum Gasteiger partial charge on any atom is -0.497 e. The molecule has 0 unspecified atom stereocenters. The van der Waals surface area contributed by atoms with E-state index in [0.29, 0.717) is 18.6 Å². The van der Waals surface area contributed by atoms with Gasteiger partial charge in [-0.1, -0.05) is 6.07 Å². The van der Waals surface area contributed by atoms with Crippen LogP contribution in [-0.2, 0) is 22.4 Å². The third-order valence-electron chi connectivity index (χ3n) is 2.17. The Kier molecular flexibility index (Phi) is 4.23. The van der Waals surface area contributed by atoms with Crippen LogP contribution < -0.4 is 4.74 Å². The second kappa shape index (κ2) is 5.45. The van der Waals surface area contributed by atoms with Gasteiger partial charge < -0.3 is 4.74 Å². The Balaban J connectivity index is 3.00. The van der Waals surface area contributed by atoms with Crippen molar-refractivity contribution in [3.05, 3.63) is 29.3 Å². The lowest BCUT2D eigenvalue weighted by Crippen LogP contribution is -2.01. The first kappa shape index (κ1) is 12.4. The van der Waals surface area contributed by atoms with Crippen LogP contribution >= 0.6 is 0 Å². The SMILES string of the molecule is COc1cc(CC(C)=O)cc(CC(C)=O)c1. The van der Waals surface area contributed by atoms with Crippen molar-refractivity contribution in [3.8, 4) is 5.75 Å². The molecule has 1 aromatic rings. The normalized spacial score (nSPS) is 9.94. The number of carbonyl (C=O) groups is 2. The summed E-state index contributed by atoms with van der Waals surface area (Å²) in [7, 11) is 1.57. The molecule has 0 bridgehead atoms. The van der Waals surface area contributed by atoms with Gasteiger partial charge in [0, 0.05) is 12.8 Å². The van der Waals surface area contributed by atoms with Gasteiger partial charge in [0.05, 0.1) is 7.11 Å². The van der Waals surface area contributed by atoms with E-state index in [1.807, 2.05) is 18.2 Å². The topological polar surface area (TPSA) is 43.4 Å². The van der Waals surface area contributed by atoms with Gasteiger partial charge in [0.1, 0.15) is 17.3 Å². The Labute approximate surface area is 95.4 Å². The van der Waals surface area contributed by atoms with Crippen LogP contribution in [0.25, 0.3) is 0 Å². The predicted molar refractivity (Wildman–Crippen MR) is 61.8 cm³/mol. The number of hydrogen-bond acceptors (Lipinski definition) is 3. The van der Waals surface area contributed by atoms with Crippen LogP contribution in [0.3, 0.4) is 0 Å². The van der Waals surface area contributed by atoms with Crippen LogP contribution in [0, 0.1) is 0 Å². The highest BCUT2D eigenvalue weighted by Crippen LogP contribution is 2.18. The van der Waals surface area contributed by atoms with E-state index in [4.69, 9.17) is 4.74 Å². The van der Waals surface area contributed by atoms with Gasteiger partial charge in [-0.05, 0) is 37.1 Å². The summed E-state index contributed by atoms with van der Waals surface area (Å²) in [6.45, 7) is 3.09. The van der Waals surface area contributed by atoms with Gasteiger partial charge in [-0.3, -0.25) is 9.59 Å². The first-order valence-electron chi connectivity index (χ1n) is 5.17. The summed E-state index contributed by atoms with van der Waals surface area (Å²) in [4.78, 5) is 22.1. The summed E-state index contributed by atoms with van der Waals surface area (Å²) >= 11 is 0. The second-order valence-corrected chi connectivity index (χ2v) is 3.95. The van der Waals surface area contributed by atoms with Crippen molar-refractivity contribution in [1.29, 1.82) is 0 Å². The zero-order valence-electron chi connectivity index (χ0n) is 9.87. The molecule has 0 aliphatic heterocycles. The van der Waals surface area contributed by atoms with Crippen molar-refractivity contribution >= 4 is 11.6 Å². The lowest BCUT2D eigenvalue weighted by Gasteiger charge is -2.07. The van der Waals surface area contributed by atoms with E-state index in [0.717, 1.165) is 11.1 Å².